The van der Waals surface area contributed by atoms with Crippen molar-refractivity contribution in [3.63, 3.8) is 0 Å². The van der Waals surface area contributed by atoms with Gasteiger partial charge in [0.1, 0.15) is 17.2 Å². The highest BCUT2D eigenvalue weighted by atomic mass is 19.1. The third-order valence-electron chi connectivity index (χ3n) is 5.94. The molecule has 9 heteroatoms. The van der Waals surface area contributed by atoms with E-state index in [0.29, 0.717) is 52.0 Å². The molecule has 0 bridgehead atoms. The standard InChI is InChI=1S/C23H20FN7O/c24-18-9-19-17(8-16(18)14-3-4-21(26)29-10-14)23-20(11-27-19)28-12-22(32)31(23)15-2-1-6-30(13-15)7-5-25/h3-4,8-12,15H,1-2,6-7,13H2,(H2,26,29)/t15-/m0/s1. The molecule has 4 heterocycles. The molecule has 5 rings (SSSR count). The van der Waals surface area contributed by atoms with Gasteiger partial charge in [-0.15, -0.1) is 0 Å². The largest absolute Gasteiger partial charge is 0.384 e. The Bertz CT molecular complexity index is 1430. The van der Waals surface area contributed by atoms with E-state index < -0.39 is 5.82 Å². The molecule has 0 amide bonds. The Morgan fingerprint density at radius 1 is 1.16 bits per heavy atom. The van der Waals surface area contributed by atoms with Crippen molar-refractivity contribution in [1.82, 2.24) is 24.4 Å². The summed E-state index contributed by atoms with van der Waals surface area (Å²) >= 11 is 0. The van der Waals surface area contributed by atoms with Crippen molar-refractivity contribution >= 4 is 27.8 Å². The van der Waals surface area contributed by atoms with Crippen LogP contribution >= 0.6 is 0 Å². The average molecular weight is 429 g/mol. The molecule has 1 saturated heterocycles. The second kappa shape index (κ2) is 7.98. The Morgan fingerprint density at radius 2 is 2.00 bits per heavy atom. The predicted octanol–water partition coefficient (Wildman–Crippen LogP) is 2.89. The van der Waals surface area contributed by atoms with Gasteiger partial charge in [-0.05, 0) is 37.6 Å². The lowest BCUT2D eigenvalue weighted by Crippen LogP contribution is -2.40. The molecular weight excluding hydrogens is 409 g/mol. The number of anilines is 1. The summed E-state index contributed by atoms with van der Waals surface area (Å²) in [5, 5.41) is 9.74. The van der Waals surface area contributed by atoms with Gasteiger partial charge in [0.2, 0.25) is 0 Å². The Hall–Kier alpha value is -3.90. The molecule has 1 aliphatic heterocycles. The number of nitrogen functional groups attached to an aromatic ring is 1. The Labute approximate surface area is 182 Å². The minimum absolute atomic E-state index is 0.118. The maximum atomic E-state index is 15.0. The molecule has 2 N–H and O–H groups in total. The first kappa shape index (κ1) is 20.0. The molecule has 1 aliphatic rings. The van der Waals surface area contributed by atoms with Crippen molar-refractivity contribution in [2.45, 2.75) is 18.9 Å². The summed E-state index contributed by atoms with van der Waals surface area (Å²) in [7, 11) is 0. The summed E-state index contributed by atoms with van der Waals surface area (Å²) < 4.78 is 16.7. The van der Waals surface area contributed by atoms with Crippen molar-refractivity contribution in [1.29, 1.82) is 5.26 Å². The number of nitrogens with zero attached hydrogens (tertiary/aromatic N) is 6. The summed E-state index contributed by atoms with van der Waals surface area (Å²) in [6.07, 6.45) is 6.06. The molecule has 0 spiro atoms. The Balaban J connectivity index is 1.76. The number of rotatable bonds is 3. The zero-order chi connectivity index (χ0) is 22.2. The molecule has 0 radical (unpaired) electrons. The van der Waals surface area contributed by atoms with E-state index in [1.54, 1.807) is 29.0 Å². The minimum atomic E-state index is -0.438. The predicted molar refractivity (Wildman–Crippen MR) is 119 cm³/mol. The molecule has 160 valence electrons. The van der Waals surface area contributed by atoms with Crippen molar-refractivity contribution < 1.29 is 4.39 Å². The average Bonchev–Trinajstić information content (AvgIpc) is 2.79. The maximum absolute atomic E-state index is 15.0. The molecule has 32 heavy (non-hydrogen) atoms. The van der Waals surface area contributed by atoms with Crippen LogP contribution in [0.3, 0.4) is 0 Å². The fraction of sp³-hybridized carbons (Fsp3) is 0.261. The third-order valence-corrected chi connectivity index (χ3v) is 5.94. The van der Waals surface area contributed by atoms with Crippen LogP contribution in [0.25, 0.3) is 33.1 Å². The van der Waals surface area contributed by atoms with Gasteiger partial charge in [0.25, 0.3) is 5.56 Å². The van der Waals surface area contributed by atoms with Crippen LogP contribution in [-0.2, 0) is 0 Å². The zero-order valence-electron chi connectivity index (χ0n) is 17.2. The molecule has 3 aromatic heterocycles. The van der Waals surface area contributed by atoms with Crippen LogP contribution < -0.4 is 11.3 Å². The summed E-state index contributed by atoms with van der Waals surface area (Å²) in [6, 6.07) is 8.45. The first-order valence-corrected chi connectivity index (χ1v) is 10.4. The smallest absolute Gasteiger partial charge is 0.269 e. The van der Waals surface area contributed by atoms with E-state index >= 15 is 0 Å². The van der Waals surface area contributed by atoms with E-state index in [-0.39, 0.29) is 11.6 Å². The van der Waals surface area contributed by atoms with Gasteiger partial charge in [0, 0.05) is 35.3 Å². The van der Waals surface area contributed by atoms with Gasteiger partial charge in [-0.3, -0.25) is 14.7 Å². The number of piperidine rings is 1. The number of aromatic nitrogens is 4. The monoisotopic (exact) mass is 429 g/mol. The van der Waals surface area contributed by atoms with Crippen LogP contribution in [0.2, 0.25) is 0 Å². The van der Waals surface area contributed by atoms with E-state index in [1.807, 2.05) is 4.90 Å². The second-order valence-corrected chi connectivity index (χ2v) is 7.97. The number of hydrogen-bond donors (Lipinski definition) is 1. The Kier molecular flexibility index (Phi) is 4.99. The van der Waals surface area contributed by atoms with Crippen LogP contribution in [0, 0.1) is 17.1 Å². The SMILES string of the molecule is N#CCN1CCC[C@H](n2c(=O)cnc3cnc4cc(F)c(-c5ccc(N)nc5)cc4c32)C1. The number of fused-ring (bicyclic) bond motifs is 3. The summed E-state index contributed by atoms with van der Waals surface area (Å²) in [5.74, 6) is -0.0918. The molecule has 0 unspecified atom stereocenters. The van der Waals surface area contributed by atoms with Gasteiger partial charge < -0.3 is 10.3 Å². The lowest BCUT2D eigenvalue weighted by atomic mass is 10.0. The molecule has 8 nitrogen and oxygen atoms in total. The van der Waals surface area contributed by atoms with Gasteiger partial charge in [-0.25, -0.2) is 14.4 Å². The van der Waals surface area contributed by atoms with Crippen molar-refractivity contribution in [3.8, 4) is 17.2 Å². The molecular formula is C23H20FN7O. The number of pyridine rings is 2. The first-order chi connectivity index (χ1) is 15.5. The molecule has 1 atom stereocenters. The van der Waals surface area contributed by atoms with Gasteiger partial charge >= 0.3 is 0 Å². The molecule has 0 saturated carbocycles. The van der Waals surface area contributed by atoms with Crippen LogP contribution in [0.5, 0.6) is 0 Å². The van der Waals surface area contributed by atoms with Crippen LogP contribution in [0.4, 0.5) is 10.2 Å². The second-order valence-electron chi connectivity index (χ2n) is 7.97. The summed E-state index contributed by atoms with van der Waals surface area (Å²) in [6.45, 7) is 1.73. The van der Waals surface area contributed by atoms with Crippen LogP contribution in [-0.4, -0.2) is 44.1 Å². The molecule has 1 fully saturated rings. The van der Waals surface area contributed by atoms with E-state index in [1.165, 1.54) is 18.5 Å². The van der Waals surface area contributed by atoms with Crippen molar-refractivity contribution in [2.75, 3.05) is 25.4 Å². The molecule has 4 aromatic rings. The number of nitriles is 1. The Morgan fingerprint density at radius 3 is 2.78 bits per heavy atom. The third kappa shape index (κ3) is 3.44. The van der Waals surface area contributed by atoms with E-state index in [2.05, 4.69) is 21.0 Å². The van der Waals surface area contributed by atoms with Crippen molar-refractivity contribution in [2.24, 2.45) is 0 Å². The van der Waals surface area contributed by atoms with Gasteiger partial charge in [0.15, 0.2) is 0 Å². The topological polar surface area (TPSA) is 114 Å². The minimum Gasteiger partial charge on any atom is -0.384 e. The van der Waals surface area contributed by atoms with Crippen LogP contribution in [0.1, 0.15) is 18.9 Å². The normalized spacial score (nSPS) is 16.9. The number of halogens is 1. The molecule has 0 aliphatic carbocycles. The first-order valence-electron chi connectivity index (χ1n) is 10.4. The fourth-order valence-electron chi connectivity index (χ4n) is 4.47. The fourth-order valence-corrected chi connectivity index (χ4v) is 4.47. The summed E-state index contributed by atoms with van der Waals surface area (Å²) in [5.41, 5.74) is 7.98. The van der Waals surface area contributed by atoms with Crippen molar-refractivity contribution in [3.05, 3.63) is 59.0 Å². The lowest BCUT2D eigenvalue weighted by Gasteiger charge is -2.32. The molecule has 1 aromatic carbocycles. The van der Waals surface area contributed by atoms with Gasteiger partial charge in [-0.2, -0.15) is 5.26 Å². The number of nitrogens with two attached hydrogens (primary N) is 1. The highest BCUT2D eigenvalue weighted by Crippen LogP contribution is 2.32. The highest BCUT2D eigenvalue weighted by molar-refractivity contribution is 6.03. The van der Waals surface area contributed by atoms with E-state index in [4.69, 9.17) is 11.0 Å². The zero-order valence-corrected chi connectivity index (χ0v) is 17.2. The summed E-state index contributed by atoms with van der Waals surface area (Å²) in [4.78, 5) is 27.8. The van der Waals surface area contributed by atoms with Gasteiger partial charge in [0.05, 0.1) is 42.1 Å². The van der Waals surface area contributed by atoms with Crippen LogP contribution in [0.15, 0.2) is 47.7 Å². The van der Waals surface area contributed by atoms with E-state index in [9.17, 15) is 9.18 Å². The highest BCUT2D eigenvalue weighted by Gasteiger charge is 2.24. The maximum Gasteiger partial charge on any atom is 0.269 e. The van der Waals surface area contributed by atoms with E-state index in [0.717, 1.165) is 19.4 Å². The number of likely N-dealkylation sites (tertiary alicyclic amines) is 1. The quantitative estimate of drug-likeness (QED) is 0.393. The number of benzene rings is 1. The number of hydrogen-bond acceptors (Lipinski definition) is 7. The lowest BCUT2D eigenvalue weighted by molar-refractivity contribution is 0.196. The van der Waals surface area contributed by atoms with Gasteiger partial charge in [-0.1, -0.05) is 0 Å².